The van der Waals surface area contributed by atoms with Gasteiger partial charge in [-0.25, -0.2) is 0 Å². The van der Waals surface area contributed by atoms with Gasteiger partial charge < -0.3 is 16.3 Å². The smallest absolute Gasteiger partial charge is 0.156 e. The Morgan fingerprint density at radius 1 is 1.29 bits per heavy atom. The number of nitrogens with zero attached hydrogens (tertiary/aromatic N) is 1. The van der Waals surface area contributed by atoms with Crippen molar-refractivity contribution in [1.29, 1.82) is 0 Å². The van der Waals surface area contributed by atoms with Crippen LogP contribution in [0.15, 0.2) is 5.16 Å². The summed E-state index contributed by atoms with van der Waals surface area (Å²) in [6.45, 7) is 11.2. The third-order valence-corrected chi connectivity index (χ3v) is 3.60. The van der Waals surface area contributed by atoms with Crippen molar-refractivity contribution in [2.24, 2.45) is 21.7 Å². The lowest BCUT2D eigenvalue weighted by Crippen LogP contribution is -2.50. The number of oxime groups is 1. The molecule has 0 aromatic rings. The number of hydrogen-bond acceptors (Lipinski definition) is 3. The molecule has 1 saturated carbocycles. The number of nitrogens with two attached hydrogens (primary N) is 1. The molecular weight excluding hydrogens is 214 g/mol. The lowest BCUT2D eigenvalue weighted by Gasteiger charge is -2.45. The van der Waals surface area contributed by atoms with Crippen molar-refractivity contribution in [3.05, 3.63) is 0 Å². The van der Waals surface area contributed by atoms with Crippen LogP contribution >= 0.6 is 0 Å². The fourth-order valence-corrected chi connectivity index (χ4v) is 3.49. The van der Waals surface area contributed by atoms with Crippen LogP contribution in [0.3, 0.4) is 0 Å². The summed E-state index contributed by atoms with van der Waals surface area (Å²) in [6, 6.07) is 0.360. The zero-order valence-corrected chi connectivity index (χ0v) is 11.7. The first-order chi connectivity index (χ1) is 7.65. The summed E-state index contributed by atoms with van der Waals surface area (Å²) in [4.78, 5) is 0. The van der Waals surface area contributed by atoms with E-state index in [1.54, 1.807) is 0 Å². The second-order valence-electron chi connectivity index (χ2n) is 7.02. The SMILES string of the molecule is CC(NC1CC(C)(C)CC(C)(C)C1)C(N)=NO. The predicted octanol–water partition coefficient (Wildman–Crippen LogP) is 2.32. The van der Waals surface area contributed by atoms with Gasteiger partial charge in [-0.2, -0.15) is 0 Å². The Labute approximate surface area is 105 Å². The Morgan fingerprint density at radius 2 is 1.76 bits per heavy atom. The normalized spacial score (nSPS) is 26.8. The Bertz CT molecular complexity index is 281. The summed E-state index contributed by atoms with van der Waals surface area (Å²) >= 11 is 0. The molecule has 4 heteroatoms. The molecule has 0 amide bonds. The molecule has 4 N–H and O–H groups in total. The lowest BCUT2D eigenvalue weighted by atomic mass is 9.63. The Morgan fingerprint density at radius 3 is 2.18 bits per heavy atom. The van der Waals surface area contributed by atoms with Crippen LogP contribution in [0.2, 0.25) is 0 Å². The molecule has 0 radical (unpaired) electrons. The van der Waals surface area contributed by atoms with Crippen LogP contribution in [-0.2, 0) is 0 Å². The van der Waals surface area contributed by atoms with Gasteiger partial charge in [0.1, 0.15) is 0 Å². The van der Waals surface area contributed by atoms with Gasteiger partial charge in [0.15, 0.2) is 5.84 Å². The van der Waals surface area contributed by atoms with Gasteiger partial charge in [-0.1, -0.05) is 32.9 Å². The van der Waals surface area contributed by atoms with Gasteiger partial charge in [-0.3, -0.25) is 0 Å². The average molecular weight is 241 g/mol. The highest BCUT2D eigenvalue weighted by molar-refractivity contribution is 5.84. The van der Waals surface area contributed by atoms with Crippen LogP contribution in [0, 0.1) is 10.8 Å². The van der Waals surface area contributed by atoms with Gasteiger partial charge in [0.05, 0.1) is 6.04 Å². The summed E-state index contributed by atoms with van der Waals surface area (Å²) in [5.41, 5.74) is 6.31. The van der Waals surface area contributed by atoms with Gasteiger partial charge in [0.25, 0.3) is 0 Å². The molecule has 4 nitrogen and oxygen atoms in total. The molecule has 0 spiro atoms. The van der Waals surface area contributed by atoms with E-state index in [2.05, 4.69) is 38.2 Å². The maximum atomic E-state index is 8.66. The molecule has 0 aromatic heterocycles. The topological polar surface area (TPSA) is 70.6 Å². The first kappa shape index (κ1) is 14.3. The van der Waals surface area contributed by atoms with Crippen LogP contribution < -0.4 is 11.1 Å². The number of hydrogen-bond donors (Lipinski definition) is 3. The zero-order valence-electron chi connectivity index (χ0n) is 11.7. The molecule has 0 aromatic carbocycles. The molecule has 0 heterocycles. The summed E-state index contributed by atoms with van der Waals surface area (Å²) in [7, 11) is 0. The van der Waals surface area contributed by atoms with Crippen molar-refractivity contribution >= 4 is 5.84 Å². The maximum absolute atomic E-state index is 8.66. The van der Waals surface area contributed by atoms with E-state index in [1.807, 2.05) is 6.92 Å². The number of amidine groups is 1. The molecule has 1 atom stereocenters. The third-order valence-electron chi connectivity index (χ3n) is 3.60. The molecule has 100 valence electrons. The van der Waals surface area contributed by atoms with Gasteiger partial charge >= 0.3 is 0 Å². The molecular formula is C13H27N3O. The van der Waals surface area contributed by atoms with E-state index in [0.717, 1.165) is 12.8 Å². The minimum atomic E-state index is -0.0744. The average Bonchev–Trinajstić information content (AvgIpc) is 2.11. The molecule has 0 bridgehead atoms. The lowest BCUT2D eigenvalue weighted by molar-refractivity contribution is 0.0837. The highest BCUT2D eigenvalue weighted by atomic mass is 16.4. The Balaban J connectivity index is 2.66. The van der Waals surface area contributed by atoms with Crippen molar-refractivity contribution in [3.63, 3.8) is 0 Å². The van der Waals surface area contributed by atoms with Crippen molar-refractivity contribution < 1.29 is 5.21 Å². The van der Waals surface area contributed by atoms with Crippen LogP contribution in [0.5, 0.6) is 0 Å². The van der Waals surface area contributed by atoms with Gasteiger partial charge in [-0.05, 0) is 37.0 Å². The predicted molar refractivity (Wildman–Crippen MR) is 71.2 cm³/mol. The Kier molecular flexibility index (Phi) is 4.07. The van der Waals surface area contributed by atoms with Crippen molar-refractivity contribution in [3.8, 4) is 0 Å². The molecule has 17 heavy (non-hydrogen) atoms. The van der Waals surface area contributed by atoms with Crippen LogP contribution in [0.4, 0.5) is 0 Å². The standard InChI is InChI=1S/C13H27N3O/c1-9(11(14)16-17)15-10-6-12(2,3)8-13(4,5)7-10/h9-10,15,17H,6-8H2,1-5H3,(H2,14,16). The largest absolute Gasteiger partial charge is 0.409 e. The van der Waals surface area contributed by atoms with E-state index in [1.165, 1.54) is 6.42 Å². The van der Waals surface area contributed by atoms with E-state index in [9.17, 15) is 0 Å². The monoisotopic (exact) mass is 241 g/mol. The highest BCUT2D eigenvalue weighted by Gasteiger charge is 2.38. The molecule has 1 fully saturated rings. The van der Waals surface area contributed by atoms with E-state index in [4.69, 9.17) is 10.9 Å². The Hall–Kier alpha value is -0.770. The summed E-state index contributed by atoms with van der Waals surface area (Å²) in [5, 5.41) is 15.2. The van der Waals surface area contributed by atoms with Crippen LogP contribution in [0.1, 0.15) is 53.9 Å². The van der Waals surface area contributed by atoms with Gasteiger partial charge in [-0.15, -0.1) is 0 Å². The van der Waals surface area contributed by atoms with E-state index in [-0.39, 0.29) is 11.9 Å². The second-order valence-corrected chi connectivity index (χ2v) is 7.02. The number of rotatable bonds is 3. The van der Waals surface area contributed by atoms with Gasteiger partial charge in [0, 0.05) is 6.04 Å². The summed E-state index contributed by atoms with van der Waals surface area (Å²) < 4.78 is 0. The molecule has 0 aliphatic heterocycles. The van der Waals surface area contributed by atoms with Crippen molar-refractivity contribution in [1.82, 2.24) is 5.32 Å². The molecule has 1 unspecified atom stereocenters. The minimum Gasteiger partial charge on any atom is -0.409 e. The van der Waals surface area contributed by atoms with Crippen LogP contribution in [-0.4, -0.2) is 23.1 Å². The quantitative estimate of drug-likeness (QED) is 0.307. The molecule has 1 aliphatic carbocycles. The van der Waals surface area contributed by atoms with E-state index < -0.39 is 0 Å². The highest BCUT2D eigenvalue weighted by Crippen LogP contribution is 2.45. The molecule has 1 aliphatic rings. The first-order valence-corrected chi connectivity index (χ1v) is 6.39. The van der Waals surface area contributed by atoms with Crippen LogP contribution in [0.25, 0.3) is 0 Å². The fraction of sp³-hybridized carbons (Fsp3) is 0.923. The summed E-state index contributed by atoms with van der Waals surface area (Å²) in [5.74, 6) is 0.256. The van der Waals surface area contributed by atoms with E-state index >= 15 is 0 Å². The van der Waals surface area contributed by atoms with Crippen molar-refractivity contribution in [2.75, 3.05) is 0 Å². The molecule has 0 saturated heterocycles. The first-order valence-electron chi connectivity index (χ1n) is 6.39. The second kappa shape index (κ2) is 4.84. The van der Waals surface area contributed by atoms with Crippen molar-refractivity contribution in [2.45, 2.75) is 66.0 Å². The van der Waals surface area contributed by atoms with E-state index in [0.29, 0.717) is 16.9 Å². The number of nitrogens with one attached hydrogen (secondary N) is 1. The minimum absolute atomic E-state index is 0.0744. The van der Waals surface area contributed by atoms with Gasteiger partial charge in [0.2, 0.25) is 0 Å². The maximum Gasteiger partial charge on any atom is 0.156 e. The zero-order chi connectivity index (χ0) is 13.3. The summed E-state index contributed by atoms with van der Waals surface area (Å²) in [6.07, 6.45) is 3.52. The molecule has 1 rings (SSSR count). The third kappa shape index (κ3) is 4.19. The fourth-order valence-electron chi connectivity index (χ4n) is 3.49.